The second-order valence-corrected chi connectivity index (χ2v) is 7.18. The Morgan fingerprint density at radius 3 is 2.23 bits per heavy atom. The lowest BCUT2D eigenvalue weighted by Gasteiger charge is -2.21. The van der Waals surface area contributed by atoms with Crippen molar-refractivity contribution in [2.45, 2.75) is 19.5 Å². The fourth-order valence-corrected chi connectivity index (χ4v) is 3.92. The Morgan fingerprint density at radius 1 is 0.968 bits per heavy atom. The molecule has 156 valence electrons. The van der Waals surface area contributed by atoms with Crippen molar-refractivity contribution >= 4 is 40.2 Å². The van der Waals surface area contributed by atoms with Crippen molar-refractivity contribution in [2.75, 3.05) is 5.32 Å². The maximum absolute atomic E-state index is 12.2. The molecule has 0 saturated carbocycles. The second-order valence-electron chi connectivity index (χ2n) is 7.18. The zero-order valence-corrected chi connectivity index (χ0v) is 17.8. The lowest BCUT2D eigenvalue weighted by atomic mass is 9.98. The molecular weight excluding hydrogens is 410 g/mol. The zero-order valence-electron chi connectivity index (χ0n) is 16.9. The SMILES string of the molecule is CCn1c(=O)[nH]c2cc3c(NC(c4ccccc4)c4ccccc4)ncnc3cc21.Cl. The van der Waals surface area contributed by atoms with Crippen LogP contribution in [-0.2, 0) is 6.54 Å². The van der Waals surface area contributed by atoms with Gasteiger partial charge >= 0.3 is 5.69 Å². The Labute approximate surface area is 185 Å². The van der Waals surface area contributed by atoms with Gasteiger partial charge in [-0.05, 0) is 30.2 Å². The number of aromatic nitrogens is 4. The Balaban J connectivity index is 0.00000231. The number of hydrogen-bond acceptors (Lipinski definition) is 4. The first-order valence-corrected chi connectivity index (χ1v) is 9.98. The number of H-pyrrole nitrogens is 1. The van der Waals surface area contributed by atoms with E-state index in [-0.39, 0.29) is 24.1 Å². The van der Waals surface area contributed by atoms with Crippen LogP contribution in [-0.4, -0.2) is 19.5 Å². The van der Waals surface area contributed by atoms with Crippen LogP contribution in [0.25, 0.3) is 21.9 Å². The number of aryl methyl sites for hydroxylation is 1. The quantitative estimate of drug-likeness (QED) is 0.414. The molecule has 2 heterocycles. The molecule has 0 unspecified atom stereocenters. The minimum atomic E-state index is -0.114. The fourth-order valence-electron chi connectivity index (χ4n) is 3.92. The van der Waals surface area contributed by atoms with Crippen molar-refractivity contribution in [3.63, 3.8) is 0 Å². The molecule has 2 N–H and O–H groups in total. The van der Waals surface area contributed by atoms with Crippen molar-refractivity contribution in [1.82, 2.24) is 19.5 Å². The standard InChI is InChI=1S/C24H21N5O.ClH/c1-2-29-21-14-19-18(13-20(21)27-24(29)30)23(26-15-25-19)28-22(16-9-5-3-6-10-16)17-11-7-4-8-12-17;/h3-15,22H,2H2,1H3,(H,27,30)(H,25,26,28);1H. The molecule has 0 amide bonds. The predicted molar refractivity (Wildman–Crippen MR) is 127 cm³/mol. The van der Waals surface area contributed by atoms with E-state index in [9.17, 15) is 4.79 Å². The summed E-state index contributed by atoms with van der Waals surface area (Å²) in [7, 11) is 0. The Morgan fingerprint density at radius 2 is 1.61 bits per heavy atom. The molecule has 0 saturated heterocycles. The lowest BCUT2D eigenvalue weighted by molar-refractivity contribution is 0.753. The molecule has 6 nitrogen and oxygen atoms in total. The molecule has 5 aromatic rings. The Kier molecular flexibility index (Phi) is 5.73. The number of anilines is 1. The molecule has 0 fully saturated rings. The maximum Gasteiger partial charge on any atom is 0.326 e. The highest BCUT2D eigenvalue weighted by atomic mass is 35.5. The van der Waals surface area contributed by atoms with Gasteiger partial charge in [0.1, 0.15) is 12.1 Å². The monoisotopic (exact) mass is 431 g/mol. The van der Waals surface area contributed by atoms with Crippen LogP contribution in [0.15, 0.2) is 83.9 Å². The third-order valence-electron chi connectivity index (χ3n) is 5.39. The van der Waals surface area contributed by atoms with Crippen LogP contribution < -0.4 is 11.0 Å². The summed E-state index contributed by atoms with van der Waals surface area (Å²) in [6.07, 6.45) is 1.56. The van der Waals surface area contributed by atoms with Crippen LogP contribution in [0.5, 0.6) is 0 Å². The molecule has 0 atom stereocenters. The van der Waals surface area contributed by atoms with Gasteiger partial charge < -0.3 is 10.3 Å². The van der Waals surface area contributed by atoms with E-state index in [1.807, 2.05) is 55.5 Å². The normalized spacial score (nSPS) is 11.0. The van der Waals surface area contributed by atoms with E-state index in [1.54, 1.807) is 10.9 Å². The molecule has 31 heavy (non-hydrogen) atoms. The van der Waals surface area contributed by atoms with Crippen molar-refractivity contribution in [2.24, 2.45) is 0 Å². The Bertz CT molecular complexity index is 1340. The summed E-state index contributed by atoms with van der Waals surface area (Å²) in [6.45, 7) is 2.56. The van der Waals surface area contributed by atoms with Gasteiger partial charge in [0.05, 0.1) is 22.6 Å². The molecule has 0 bridgehead atoms. The molecular formula is C24H22ClN5O. The molecule has 2 aromatic heterocycles. The first kappa shape index (κ1) is 20.6. The zero-order chi connectivity index (χ0) is 20.5. The van der Waals surface area contributed by atoms with E-state index >= 15 is 0 Å². The summed E-state index contributed by atoms with van der Waals surface area (Å²) >= 11 is 0. The highest BCUT2D eigenvalue weighted by Gasteiger charge is 2.17. The summed E-state index contributed by atoms with van der Waals surface area (Å²) in [5.41, 5.74) is 4.59. The Hall–Kier alpha value is -3.64. The van der Waals surface area contributed by atoms with Gasteiger partial charge in [0, 0.05) is 11.9 Å². The van der Waals surface area contributed by atoms with Gasteiger partial charge in [-0.15, -0.1) is 12.4 Å². The number of benzene rings is 3. The van der Waals surface area contributed by atoms with Crippen LogP contribution in [0.4, 0.5) is 5.82 Å². The minimum absolute atomic E-state index is 0. The number of rotatable bonds is 5. The highest BCUT2D eigenvalue weighted by Crippen LogP contribution is 2.30. The van der Waals surface area contributed by atoms with Crippen LogP contribution in [0.2, 0.25) is 0 Å². The molecule has 5 rings (SSSR count). The summed E-state index contributed by atoms with van der Waals surface area (Å²) in [5.74, 6) is 0.727. The van der Waals surface area contributed by atoms with Gasteiger partial charge in [-0.3, -0.25) is 4.57 Å². The largest absolute Gasteiger partial charge is 0.359 e. The van der Waals surface area contributed by atoms with Gasteiger partial charge in [0.25, 0.3) is 0 Å². The molecule has 0 spiro atoms. The molecule has 0 aliphatic rings. The van der Waals surface area contributed by atoms with Gasteiger partial charge in [0.15, 0.2) is 0 Å². The summed E-state index contributed by atoms with van der Waals surface area (Å²) < 4.78 is 1.71. The highest BCUT2D eigenvalue weighted by molar-refractivity contribution is 5.98. The van der Waals surface area contributed by atoms with Gasteiger partial charge in [-0.1, -0.05) is 60.7 Å². The van der Waals surface area contributed by atoms with E-state index in [4.69, 9.17) is 0 Å². The predicted octanol–water partition coefficient (Wildman–Crippen LogP) is 4.92. The van der Waals surface area contributed by atoms with Crippen molar-refractivity contribution in [3.05, 3.63) is 101 Å². The lowest BCUT2D eigenvalue weighted by Crippen LogP contribution is -2.15. The smallest absolute Gasteiger partial charge is 0.326 e. The molecule has 0 aliphatic heterocycles. The van der Waals surface area contributed by atoms with Crippen LogP contribution in [0.1, 0.15) is 24.1 Å². The van der Waals surface area contributed by atoms with E-state index in [0.717, 1.165) is 38.9 Å². The number of hydrogen-bond donors (Lipinski definition) is 2. The van der Waals surface area contributed by atoms with Crippen molar-refractivity contribution in [3.8, 4) is 0 Å². The number of nitrogens with zero attached hydrogens (tertiary/aromatic N) is 3. The first-order chi connectivity index (χ1) is 14.7. The van der Waals surface area contributed by atoms with Crippen LogP contribution >= 0.6 is 12.4 Å². The number of nitrogens with one attached hydrogen (secondary N) is 2. The number of aromatic amines is 1. The maximum atomic E-state index is 12.2. The molecule has 3 aromatic carbocycles. The van der Waals surface area contributed by atoms with Crippen LogP contribution in [0, 0.1) is 0 Å². The number of halogens is 1. The van der Waals surface area contributed by atoms with Crippen molar-refractivity contribution < 1.29 is 0 Å². The average Bonchev–Trinajstić information content (AvgIpc) is 3.11. The van der Waals surface area contributed by atoms with Gasteiger partial charge in [-0.25, -0.2) is 14.8 Å². The summed E-state index contributed by atoms with van der Waals surface area (Å²) in [4.78, 5) is 24.2. The fraction of sp³-hybridized carbons (Fsp3) is 0.125. The topological polar surface area (TPSA) is 75.6 Å². The number of fused-ring (bicyclic) bond motifs is 2. The third-order valence-corrected chi connectivity index (χ3v) is 5.39. The van der Waals surface area contributed by atoms with E-state index in [2.05, 4.69) is 44.5 Å². The van der Waals surface area contributed by atoms with E-state index in [0.29, 0.717) is 6.54 Å². The second kappa shape index (κ2) is 8.62. The van der Waals surface area contributed by atoms with Crippen molar-refractivity contribution in [1.29, 1.82) is 0 Å². The minimum Gasteiger partial charge on any atom is -0.359 e. The summed E-state index contributed by atoms with van der Waals surface area (Å²) in [6, 6.07) is 24.4. The third kappa shape index (κ3) is 3.78. The molecule has 0 radical (unpaired) electrons. The van der Waals surface area contributed by atoms with Gasteiger partial charge in [0.2, 0.25) is 0 Å². The van der Waals surface area contributed by atoms with E-state index in [1.165, 1.54) is 0 Å². The molecule has 0 aliphatic carbocycles. The number of imidazole rings is 1. The van der Waals surface area contributed by atoms with E-state index < -0.39 is 0 Å². The molecule has 7 heteroatoms. The summed E-state index contributed by atoms with van der Waals surface area (Å²) in [5, 5.41) is 4.47. The average molecular weight is 432 g/mol. The van der Waals surface area contributed by atoms with Gasteiger partial charge in [-0.2, -0.15) is 0 Å². The van der Waals surface area contributed by atoms with Crippen LogP contribution in [0.3, 0.4) is 0 Å². The first-order valence-electron chi connectivity index (χ1n) is 9.98.